The number of benzene rings is 2. The van der Waals surface area contributed by atoms with Gasteiger partial charge in [-0.2, -0.15) is 0 Å². The summed E-state index contributed by atoms with van der Waals surface area (Å²) in [5, 5.41) is 0.571. The molecule has 0 bridgehead atoms. The van der Waals surface area contributed by atoms with Gasteiger partial charge in [0.05, 0.1) is 22.2 Å². The van der Waals surface area contributed by atoms with Crippen LogP contribution in [0.4, 0.5) is 17.6 Å². The first kappa shape index (κ1) is 21.2. The molecule has 33 heavy (non-hydrogen) atoms. The maximum absolute atomic E-state index is 14.2. The van der Waals surface area contributed by atoms with Crippen LogP contribution in [0, 0.1) is 23.3 Å². The number of Topliss-reactive ketones (excluding diaryl/α,β-unsaturated/α-hetero) is 2. The normalized spacial score (nSPS) is 13.3. The molecule has 1 aliphatic rings. The van der Waals surface area contributed by atoms with Crippen molar-refractivity contribution in [3.8, 4) is 11.3 Å². The molecule has 0 atom stereocenters. The van der Waals surface area contributed by atoms with Gasteiger partial charge in [-0.3, -0.25) is 9.59 Å². The molecular weight excluding hydrogens is 462 g/mol. The molecule has 0 N–H and O–H groups in total. The second-order valence-electron chi connectivity index (χ2n) is 7.40. The number of ketones is 2. The fraction of sp³-hybridized carbons (Fsp3) is 0.0833. The van der Waals surface area contributed by atoms with Crippen LogP contribution in [0.1, 0.15) is 33.3 Å². The van der Waals surface area contributed by atoms with E-state index in [1.165, 1.54) is 0 Å². The van der Waals surface area contributed by atoms with E-state index in [2.05, 4.69) is 0 Å². The number of rotatable bonds is 3. The molecule has 2 heterocycles. The summed E-state index contributed by atoms with van der Waals surface area (Å²) in [7, 11) is 0. The molecule has 4 aromatic rings. The fourth-order valence-electron chi connectivity index (χ4n) is 4.00. The average Bonchev–Trinajstić information content (AvgIpc) is 3.42. The zero-order valence-corrected chi connectivity index (χ0v) is 17.6. The first-order valence-corrected chi connectivity index (χ1v) is 10.2. The molecule has 2 aromatic carbocycles. The molecule has 0 saturated carbocycles. The number of fused-ring (bicyclic) bond motifs is 2. The summed E-state index contributed by atoms with van der Waals surface area (Å²) in [5.74, 6) is -9.93. The molecule has 0 unspecified atom stereocenters. The number of aromatic nitrogens is 1. The smallest absolute Gasteiger partial charge is 0.200 e. The Morgan fingerprint density at radius 3 is 2.03 bits per heavy atom. The Morgan fingerprint density at radius 2 is 1.48 bits per heavy atom. The molecule has 0 aliphatic heterocycles. The topological polar surface area (TPSA) is 52.2 Å². The van der Waals surface area contributed by atoms with Gasteiger partial charge in [0.2, 0.25) is 11.6 Å². The van der Waals surface area contributed by atoms with Crippen molar-refractivity contribution in [1.29, 1.82) is 0 Å². The second-order valence-corrected chi connectivity index (χ2v) is 7.84. The standard InChI is InChI=1S/C24H12ClF4NO3/c1-2-30-12(8-16-14(30)9-15(33-16)10-3-5-11(25)6-4-10)7-13-23(31)17-18(24(13)32)20(27)22(29)21(28)19(17)26/h3-9H,2H2,1H3. The van der Waals surface area contributed by atoms with Crippen LogP contribution in [-0.2, 0) is 6.54 Å². The maximum atomic E-state index is 14.2. The number of furan rings is 1. The number of aryl methyl sites for hydroxylation is 1. The quantitative estimate of drug-likeness (QED) is 0.111. The maximum Gasteiger partial charge on any atom is 0.200 e. The van der Waals surface area contributed by atoms with E-state index in [0.29, 0.717) is 34.1 Å². The molecular formula is C24H12ClF4NO3. The number of carbonyl (C=O) groups is 2. The summed E-state index contributed by atoms with van der Waals surface area (Å²) in [6.45, 7) is 2.22. The molecule has 5 rings (SSSR count). The highest BCUT2D eigenvalue weighted by Crippen LogP contribution is 2.36. The Bertz CT molecular complexity index is 1480. The van der Waals surface area contributed by atoms with Crippen LogP contribution < -0.4 is 0 Å². The predicted octanol–water partition coefficient (Wildman–Crippen LogP) is 6.59. The molecule has 0 amide bonds. The molecule has 0 radical (unpaired) electrons. The second kappa shape index (κ2) is 7.45. The van der Waals surface area contributed by atoms with Crippen LogP contribution in [-0.4, -0.2) is 16.1 Å². The van der Waals surface area contributed by atoms with Crippen molar-refractivity contribution in [2.75, 3.05) is 0 Å². The zero-order chi connectivity index (χ0) is 23.6. The Balaban J connectivity index is 1.62. The SMILES string of the molecule is CCn1c(C=C2C(=O)c3c(F)c(F)c(F)c(F)c3C2=O)cc2oc(-c3ccc(Cl)cc3)cc21. The van der Waals surface area contributed by atoms with Gasteiger partial charge < -0.3 is 8.98 Å². The van der Waals surface area contributed by atoms with Gasteiger partial charge in [-0.25, -0.2) is 17.6 Å². The highest BCUT2D eigenvalue weighted by Gasteiger charge is 2.42. The van der Waals surface area contributed by atoms with Crippen molar-refractivity contribution in [3.05, 3.63) is 87.1 Å². The van der Waals surface area contributed by atoms with E-state index in [1.54, 1.807) is 41.0 Å². The Labute approximate surface area is 188 Å². The van der Waals surface area contributed by atoms with Gasteiger partial charge in [0.1, 0.15) is 5.76 Å². The summed E-state index contributed by atoms with van der Waals surface area (Å²) in [5.41, 5.74) is -0.583. The molecule has 0 saturated heterocycles. The largest absolute Gasteiger partial charge is 0.454 e. The molecule has 166 valence electrons. The molecule has 4 nitrogen and oxygen atoms in total. The summed E-state index contributed by atoms with van der Waals surface area (Å²) in [6, 6.07) is 10.3. The van der Waals surface area contributed by atoms with E-state index >= 15 is 0 Å². The Hall–Kier alpha value is -3.65. The van der Waals surface area contributed by atoms with Crippen LogP contribution in [0.3, 0.4) is 0 Å². The highest BCUT2D eigenvalue weighted by molar-refractivity contribution is 6.41. The lowest BCUT2D eigenvalue weighted by Crippen LogP contribution is -2.07. The first-order chi connectivity index (χ1) is 15.7. The summed E-state index contributed by atoms with van der Waals surface area (Å²) in [4.78, 5) is 25.3. The first-order valence-electron chi connectivity index (χ1n) is 9.79. The van der Waals surface area contributed by atoms with Crippen molar-refractivity contribution in [1.82, 2.24) is 4.57 Å². The van der Waals surface area contributed by atoms with Crippen molar-refractivity contribution in [2.24, 2.45) is 0 Å². The lowest BCUT2D eigenvalue weighted by atomic mass is 10.1. The van der Waals surface area contributed by atoms with Gasteiger partial charge in [0.15, 0.2) is 28.9 Å². The van der Waals surface area contributed by atoms with Crippen LogP contribution in [0.5, 0.6) is 0 Å². The third kappa shape index (κ3) is 3.05. The molecule has 9 heteroatoms. The van der Waals surface area contributed by atoms with Gasteiger partial charge in [0.25, 0.3) is 0 Å². The Morgan fingerprint density at radius 1 is 0.909 bits per heavy atom. The number of carbonyl (C=O) groups excluding carboxylic acids is 2. The minimum atomic E-state index is -2.14. The lowest BCUT2D eigenvalue weighted by Gasteiger charge is -2.04. The van der Waals surface area contributed by atoms with Crippen molar-refractivity contribution >= 4 is 40.3 Å². The van der Waals surface area contributed by atoms with Gasteiger partial charge in [-0.1, -0.05) is 11.6 Å². The van der Waals surface area contributed by atoms with Gasteiger partial charge in [-0.05, 0) is 37.3 Å². The van der Waals surface area contributed by atoms with Crippen LogP contribution in [0.15, 0.2) is 46.4 Å². The van der Waals surface area contributed by atoms with Crippen molar-refractivity contribution in [2.45, 2.75) is 13.5 Å². The van der Waals surface area contributed by atoms with Gasteiger partial charge in [0, 0.05) is 35.0 Å². The van der Waals surface area contributed by atoms with Crippen molar-refractivity contribution in [3.63, 3.8) is 0 Å². The van der Waals surface area contributed by atoms with E-state index in [0.717, 1.165) is 11.6 Å². The summed E-state index contributed by atoms with van der Waals surface area (Å²) >= 11 is 5.92. The van der Waals surface area contributed by atoms with E-state index < -0.39 is 51.5 Å². The zero-order valence-electron chi connectivity index (χ0n) is 16.8. The van der Waals surface area contributed by atoms with Crippen molar-refractivity contribution < 1.29 is 31.6 Å². The van der Waals surface area contributed by atoms with Crippen LogP contribution in [0.2, 0.25) is 5.02 Å². The monoisotopic (exact) mass is 473 g/mol. The van der Waals surface area contributed by atoms with E-state index in [1.807, 2.05) is 6.92 Å². The van der Waals surface area contributed by atoms with Crippen LogP contribution >= 0.6 is 11.6 Å². The predicted molar refractivity (Wildman–Crippen MR) is 113 cm³/mol. The number of halogens is 5. The Kier molecular flexibility index (Phi) is 4.79. The van der Waals surface area contributed by atoms with E-state index in [4.69, 9.17) is 16.0 Å². The summed E-state index contributed by atoms with van der Waals surface area (Å²) < 4.78 is 63.2. The molecule has 2 aromatic heterocycles. The molecule has 0 spiro atoms. The summed E-state index contributed by atoms with van der Waals surface area (Å²) in [6.07, 6.45) is 1.14. The average molecular weight is 474 g/mol. The minimum absolute atomic E-state index is 0.347. The molecule has 0 fully saturated rings. The number of hydrogen-bond acceptors (Lipinski definition) is 3. The fourth-order valence-corrected chi connectivity index (χ4v) is 4.13. The third-order valence-corrected chi connectivity index (χ3v) is 5.82. The minimum Gasteiger partial charge on any atom is -0.454 e. The van der Waals surface area contributed by atoms with Crippen LogP contribution in [0.25, 0.3) is 28.5 Å². The molecule has 1 aliphatic carbocycles. The number of allylic oxidation sites excluding steroid dienone is 1. The van der Waals surface area contributed by atoms with E-state index in [-0.39, 0.29) is 0 Å². The number of nitrogens with zero attached hydrogens (tertiary/aromatic N) is 1. The number of hydrogen-bond donors (Lipinski definition) is 0. The lowest BCUT2D eigenvalue weighted by molar-refractivity contribution is 0.0988. The van der Waals surface area contributed by atoms with E-state index in [9.17, 15) is 27.2 Å². The van der Waals surface area contributed by atoms with Gasteiger partial charge in [-0.15, -0.1) is 0 Å². The highest BCUT2D eigenvalue weighted by atomic mass is 35.5. The third-order valence-electron chi connectivity index (χ3n) is 5.57. The van der Waals surface area contributed by atoms with Gasteiger partial charge >= 0.3 is 0 Å².